The van der Waals surface area contributed by atoms with Crippen LogP contribution in [0.4, 0.5) is 5.69 Å². The molecular weight excluding hydrogens is 374 g/mol. The number of hydrogen-bond donors (Lipinski definition) is 1. The van der Waals surface area contributed by atoms with E-state index in [1.165, 1.54) is 22.4 Å². The number of ether oxygens (including phenoxy) is 1. The van der Waals surface area contributed by atoms with E-state index >= 15 is 0 Å². The lowest BCUT2D eigenvalue weighted by molar-refractivity contribution is 0.0858. The second-order valence-electron chi connectivity index (χ2n) is 8.57. The predicted molar refractivity (Wildman–Crippen MR) is 121 cm³/mol. The zero-order valence-electron chi connectivity index (χ0n) is 18.2. The molecular formula is C25H33N3O2. The van der Waals surface area contributed by atoms with E-state index in [1.54, 1.807) is 0 Å². The Hall–Kier alpha value is -2.37. The van der Waals surface area contributed by atoms with Crippen molar-refractivity contribution < 1.29 is 9.53 Å². The Kier molecular flexibility index (Phi) is 6.70. The highest BCUT2D eigenvalue weighted by molar-refractivity contribution is 5.94. The first-order valence-electron chi connectivity index (χ1n) is 11.1. The van der Waals surface area contributed by atoms with Gasteiger partial charge in [-0.1, -0.05) is 18.2 Å². The SMILES string of the molecule is Cc1ccc(N2CCN(Cc3ccc(C(=O)NCC4CCCO4)cc3)CC2)cc1C. The van der Waals surface area contributed by atoms with E-state index in [0.717, 1.165) is 57.7 Å². The lowest BCUT2D eigenvalue weighted by Crippen LogP contribution is -2.46. The lowest BCUT2D eigenvalue weighted by atomic mass is 10.1. The fourth-order valence-electron chi connectivity index (χ4n) is 4.22. The van der Waals surface area contributed by atoms with Crippen LogP contribution in [0.25, 0.3) is 0 Å². The molecule has 2 saturated heterocycles. The minimum absolute atomic E-state index is 0.0148. The van der Waals surface area contributed by atoms with Crippen molar-refractivity contribution in [2.75, 3.05) is 44.2 Å². The lowest BCUT2D eigenvalue weighted by Gasteiger charge is -2.36. The molecule has 2 aromatic carbocycles. The van der Waals surface area contributed by atoms with Crippen LogP contribution < -0.4 is 10.2 Å². The van der Waals surface area contributed by atoms with Crippen LogP contribution in [0.3, 0.4) is 0 Å². The third-order valence-electron chi connectivity index (χ3n) is 6.36. The van der Waals surface area contributed by atoms with Crippen LogP contribution in [0.2, 0.25) is 0 Å². The molecule has 0 saturated carbocycles. The molecule has 2 aliphatic heterocycles. The van der Waals surface area contributed by atoms with Crippen LogP contribution in [0.5, 0.6) is 0 Å². The number of benzene rings is 2. The fourth-order valence-corrected chi connectivity index (χ4v) is 4.22. The van der Waals surface area contributed by atoms with Crippen LogP contribution in [0, 0.1) is 13.8 Å². The Bertz CT molecular complexity index is 851. The molecule has 5 heteroatoms. The van der Waals surface area contributed by atoms with Gasteiger partial charge in [0.15, 0.2) is 0 Å². The van der Waals surface area contributed by atoms with Crippen molar-refractivity contribution in [1.82, 2.24) is 10.2 Å². The molecule has 1 unspecified atom stereocenters. The van der Waals surface area contributed by atoms with Gasteiger partial charge in [0.1, 0.15) is 0 Å². The first-order valence-corrected chi connectivity index (χ1v) is 11.1. The number of nitrogens with zero attached hydrogens (tertiary/aromatic N) is 2. The highest BCUT2D eigenvalue weighted by Gasteiger charge is 2.19. The van der Waals surface area contributed by atoms with Gasteiger partial charge in [0.2, 0.25) is 0 Å². The molecule has 4 rings (SSSR count). The maximum Gasteiger partial charge on any atom is 0.251 e. The number of hydrogen-bond acceptors (Lipinski definition) is 4. The molecule has 0 aliphatic carbocycles. The summed E-state index contributed by atoms with van der Waals surface area (Å²) in [5, 5.41) is 2.99. The number of carbonyl (C=O) groups is 1. The maximum absolute atomic E-state index is 12.3. The van der Waals surface area contributed by atoms with Gasteiger partial charge in [-0.3, -0.25) is 9.69 Å². The largest absolute Gasteiger partial charge is 0.376 e. The quantitative estimate of drug-likeness (QED) is 0.796. The van der Waals surface area contributed by atoms with E-state index in [9.17, 15) is 4.79 Å². The number of anilines is 1. The average Bonchev–Trinajstić information content (AvgIpc) is 3.29. The number of carbonyl (C=O) groups excluding carboxylic acids is 1. The summed E-state index contributed by atoms with van der Waals surface area (Å²) in [6.45, 7) is 10.9. The number of amides is 1. The first-order chi connectivity index (χ1) is 14.6. The van der Waals surface area contributed by atoms with Gasteiger partial charge in [-0.05, 0) is 67.6 Å². The molecule has 2 aromatic rings. The molecule has 2 fully saturated rings. The van der Waals surface area contributed by atoms with Gasteiger partial charge in [0.25, 0.3) is 5.91 Å². The summed E-state index contributed by atoms with van der Waals surface area (Å²) in [5.41, 5.74) is 6.01. The summed E-state index contributed by atoms with van der Waals surface area (Å²) in [6, 6.07) is 14.8. The van der Waals surface area contributed by atoms with Crippen LogP contribution in [0.1, 0.15) is 39.9 Å². The van der Waals surface area contributed by atoms with Gasteiger partial charge >= 0.3 is 0 Å². The summed E-state index contributed by atoms with van der Waals surface area (Å²) in [7, 11) is 0. The molecule has 1 amide bonds. The normalized spacial score (nSPS) is 19.8. The molecule has 30 heavy (non-hydrogen) atoms. The third kappa shape index (κ3) is 5.21. The molecule has 1 N–H and O–H groups in total. The number of piperazine rings is 1. The van der Waals surface area contributed by atoms with E-state index in [2.05, 4.69) is 59.3 Å². The van der Waals surface area contributed by atoms with Gasteiger partial charge in [0, 0.05) is 57.1 Å². The molecule has 160 valence electrons. The van der Waals surface area contributed by atoms with Crippen molar-refractivity contribution >= 4 is 11.6 Å². The predicted octanol–water partition coefficient (Wildman–Crippen LogP) is 3.53. The monoisotopic (exact) mass is 407 g/mol. The Morgan fingerprint density at radius 1 is 1.03 bits per heavy atom. The van der Waals surface area contributed by atoms with Gasteiger partial charge in [-0.2, -0.15) is 0 Å². The Morgan fingerprint density at radius 2 is 1.80 bits per heavy atom. The molecule has 0 bridgehead atoms. The average molecular weight is 408 g/mol. The first kappa shape index (κ1) is 20.9. The van der Waals surface area contributed by atoms with Crippen LogP contribution in [0.15, 0.2) is 42.5 Å². The summed E-state index contributed by atoms with van der Waals surface area (Å²) in [5.74, 6) is -0.0148. The van der Waals surface area contributed by atoms with Gasteiger partial charge in [-0.15, -0.1) is 0 Å². The van der Waals surface area contributed by atoms with Gasteiger partial charge in [-0.25, -0.2) is 0 Å². The molecule has 1 atom stereocenters. The van der Waals surface area contributed by atoms with Crippen molar-refractivity contribution in [3.05, 3.63) is 64.7 Å². The van der Waals surface area contributed by atoms with E-state index in [4.69, 9.17) is 4.74 Å². The highest BCUT2D eigenvalue weighted by Crippen LogP contribution is 2.21. The van der Waals surface area contributed by atoms with Crippen molar-refractivity contribution in [1.29, 1.82) is 0 Å². The van der Waals surface area contributed by atoms with E-state index in [-0.39, 0.29) is 12.0 Å². The summed E-state index contributed by atoms with van der Waals surface area (Å²) in [6.07, 6.45) is 2.31. The van der Waals surface area contributed by atoms with Crippen LogP contribution in [-0.4, -0.2) is 56.2 Å². The van der Waals surface area contributed by atoms with E-state index in [1.807, 2.05) is 12.1 Å². The van der Waals surface area contributed by atoms with Gasteiger partial charge in [0.05, 0.1) is 6.10 Å². The van der Waals surface area contributed by atoms with E-state index < -0.39 is 0 Å². The molecule has 5 nitrogen and oxygen atoms in total. The Morgan fingerprint density at radius 3 is 2.47 bits per heavy atom. The zero-order valence-corrected chi connectivity index (χ0v) is 18.2. The molecule has 2 aliphatic rings. The van der Waals surface area contributed by atoms with Crippen molar-refractivity contribution in [3.8, 4) is 0 Å². The zero-order chi connectivity index (χ0) is 20.9. The third-order valence-corrected chi connectivity index (χ3v) is 6.36. The highest BCUT2D eigenvalue weighted by atomic mass is 16.5. The fraction of sp³-hybridized carbons (Fsp3) is 0.480. The second-order valence-corrected chi connectivity index (χ2v) is 8.57. The van der Waals surface area contributed by atoms with Crippen LogP contribution in [-0.2, 0) is 11.3 Å². The molecule has 0 aromatic heterocycles. The molecule has 2 heterocycles. The Labute approximate surface area is 180 Å². The minimum Gasteiger partial charge on any atom is -0.376 e. The molecule has 0 radical (unpaired) electrons. The number of aryl methyl sites for hydroxylation is 2. The number of nitrogens with one attached hydrogen (secondary N) is 1. The standard InChI is InChI=1S/C25H33N3O2/c1-19-5-10-23(16-20(19)2)28-13-11-27(12-14-28)18-21-6-8-22(9-7-21)25(29)26-17-24-4-3-15-30-24/h5-10,16,24H,3-4,11-15,17-18H2,1-2H3,(H,26,29). The summed E-state index contributed by atoms with van der Waals surface area (Å²) in [4.78, 5) is 17.3. The topological polar surface area (TPSA) is 44.8 Å². The van der Waals surface area contributed by atoms with E-state index in [0.29, 0.717) is 6.54 Å². The summed E-state index contributed by atoms with van der Waals surface area (Å²) < 4.78 is 5.57. The minimum atomic E-state index is -0.0148. The van der Waals surface area contributed by atoms with Crippen molar-refractivity contribution in [2.45, 2.75) is 39.3 Å². The molecule has 0 spiro atoms. The van der Waals surface area contributed by atoms with Crippen LogP contribution >= 0.6 is 0 Å². The summed E-state index contributed by atoms with van der Waals surface area (Å²) >= 11 is 0. The smallest absolute Gasteiger partial charge is 0.251 e. The number of rotatable bonds is 6. The Balaban J connectivity index is 1.25. The maximum atomic E-state index is 12.3. The van der Waals surface area contributed by atoms with Crippen molar-refractivity contribution in [2.24, 2.45) is 0 Å². The van der Waals surface area contributed by atoms with Crippen molar-refractivity contribution in [3.63, 3.8) is 0 Å². The second kappa shape index (κ2) is 9.63. The van der Waals surface area contributed by atoms with Gasteiger partial charge < -0.3 is 15.0 Å².